The van der Waals surface area contributed by atoms with Gasteiger partial charge in [-0.25, -0.2) is 4.99 Å². The van der Waals surface area contributed by atoms with Crippen molar-refractivity contribution in [3.05, 3.63) is 48.2 Å². The largest absolute Gasteiger partial charge is 0.497 e. The molecular weight excluding hydrogens is 278 g/mol. The first kappa shape index (κ1) is 14.0. The third-order valence-corrected chi connectivity index (χ3v) is 4.35. The second-order valence-electron chi connectivity index (χ2n) is 3.67. The number of hydrogen-bond acceptors (Lipinski definition) is 5. The lowest BCUT2D eigenvalue weighted by molar-refractivity contribution is -0.107. The molecule has 0 radical (unpaired) electrons. The minimum absolute atomic E-state index is 0.0117. The SMILES string of the molecule is C=CCSC1=N/C(=C\c2ccc(OC)cc2)C(=O)S1. The van der Waals surface area contributed by atoms with Crippen molar-refractivity contribution in [2.75, 3.05) is 12.9 Å². The van der Waals surface area contributed by atoms with Crippen LogP contribution in [0.3, 0.4) is 0 Å². The van der Waals surface area contributed by atoms with Crippen molar-refractivity contribution in [3.8, 4) is 5.75 Å². The summed E-state index contributed by atoms with van der Waals surface area (Å²) in [5, 5.41) is -0.0117. The van der Waals surface area contributed by atoms with Crippen LogP contribution in [-0.4, -0.2) is 22.4 Å². The number of thioether (sulfide) groups is 2. The number of carbonyl (C=O) groups excluding carboxylic acids is 1. The Morgan fingerprint density at radius 2 is 2.16 bits per heavy atom. The van der Waals surface area contributed by atoms with Crippen molar-refractivity contribution in [2.45, 2.75) is 0 Å². The van der Waals surface area contributed by atoms with E-state index in [-0.39, 0.29) is 5.12 Å². The van der Waals surface area contributed by atoms with Gasteiger partial charge in [0.15, 0.2) is 0 Å². The standard InChI is InChI=1S/C14H13NO2S2/c1-3-8-18-14-15-12(13(16)19-14)9-10-4-6-11(17-2)7-5-10/h3-7,9H,1,8H2,2H3/b12-9-. The average molecular weight is 291 g/mol. The summed E-state index contributed by atoms with van der Waals surface area (Å²) in [5.74, 6) is 1.55. The third-order valence-electron chi connectivity index (χ3n) is 2.34. The summed E-state index contributed by atoms with van der Waals surface area (Å²) in [7, 11) is 1.62. The van der Waals surface area contributed by atoms with Gasteiger partial charge < -0.3 is 4.74 Å². The lowest BCUT2D eigenvalue weighted by Gasteiger charge is -1.99. The van der Waals surface area contributed by atoms with E-state index in [1.807, 2.05) is 24.3 Å². The van der Waals surface area contributed by atoms with Crippen LogP contribution in [-0.2, 0) is 4.79 Å². The van der Waals surface area contributed by atoms with E-state index in [2.05, 4.69) is 11.6 Å². The molecule has 0 amide bonds. The van der Waals surface area contributed by atoms with Gasteiger partial charge >= 0.3 is 0 Å². The lowest BCUT2D eigenvalue weighted by Crippen LogP contribution is -1.88. The van der Waals surface area contributed by atoms with Gasteiger partial charge in [-0.1, -0.05) is 30.0 Å². The predicted molar refractivity (Wildman–Crippen MR) is 83.7 cm³/mol. The highest BCUT2D eigenvalue weighted by Crippen LogP contribution is 2.31. The van der Waals surface area contributed by atoms with Gasteiger partial charge in [0.2, 0.25) is 5.12 Å². The smallest absolute Gasteiger partial charge is 0.244 e. The van der Waals surface area contributed by atoms with Gasteiger partial charge in [-0.3, -0.25) is 4.79 Å². The quantitative estimate of drug-likeness (QED) is 0.628. The topological polar surface area (TPSA) is 38.7 Å². The molecule has 5 heteroatoms. The molecule has 0 aromatic heterocycles. The van der Waals surface area contributed by atoms with E-state index < -0.39 is 0 Å². The van der Waals surface area contributed by atoms with Crippen LogP contribution in [0.4, 0.5) is 0 Å². The number of aliphatic imine (C=N–C) groups is 1. The number of benzene rings is 1. The summed E-state index contributed by atoms with van der Waals surface area (Å²) in [5.41, 5.74) is 1.42. The second-order valence-corrected chi connectivity index (χ2v) is 5.90. The molecule has 0 N–H and O–H groups in total. The highest BCUT2D eigenvalue weighted by Gasteiger charge is 2.21. The maximum atomic E-state index is 11.8. The Bertz CT molecular complexity index is 547. The van der Waals surface area contributed by atoms with E-state index in [9.17, 15) is 4.79 Å². The van der Waals surface area contributed by atoms with Crippen LogP contribution in [0.15, 0.2) is 47.6 Å². The monoisotopic (exact) mass is 291 g/mol. The molecule has 0 aliphatic carbocycles. The van der Waals surface area contributed by atoms with Crippen molar-refractivity contribution >= 4 is 39.1 Å². The highest BCUT2D eigenvalue weighted by molar-refractivity contribution is 8.45. The molecule has 0 saturated carbocycles. The van der Waals surface area contributed by atoms with Crippen molar-refractivity contribution in [1.82, 2.24) is 0 Å². The molecule has 1 heterocycles. The van der Waals surface area contributed by atoms with E-state index in [4.69, 9.17) is 4.74 Å². The minimum atomic E-state index is -0.0117. The Hall–Kier alpha value is -1.46. The molecule has 1 aromatic rings. The molecule has 1 aromatic carbocycles. The Kier molecular flexibility index (Phi) is 4.87. The fourth-order valence-corrected chi connectivity index (χ4v) is 3.04. The summed E-state index contributed by atoms with van der Waals surface area (Å²) in [6, 6.07) is 7.51. The summed E-state index contributed by atoms with van der Waals surface area (Å²) < 4.78 is 5.87. The van der Waals surface area contributed by atoms with Crippen molar-refractivity contribution in [2.24, 2.45) is 4.99 Å². The zero-order valence-corrected chi connectivity index (χ0v) is 12.1. The van der Waals surface area contributed by atoms with Gasteiger partial charge in [-0.2, -0.15) is 0 Å². The maximum Gasteiger partial charge on any atom is 0.244 e. The van der Waals surface area contributed by atoms with Gasteiger partial charge in [-0.15, -0.1) is 6.58 Å². The second kappa shape index (κ2) is 6.63. The molecule has 1 aliphatic rings. The Morgan fingerprint density at radius 1 is 1.42 bits per heavy atom. The van der Waals surface area contributed by atoms with Crippen molar-refractivity contribution in [3.63, 3.8) is 0 Å². The van der Waals surface area contributed by atoms with Crippen LogP contribution in [0.1, 0.15) is 5.56 Å². The summed E-state index contributed by atoms with van der Waals surface area (Å²) in [6.07, 6.45) is 3.58. The van der Waals surface area contributed by atoms with Crippen molar-refractivity contribution < 1.29 is 9.53 Å². The number of methoxy groups -OCH3 is 1. The Balaban J connectivity index is 2.15. The number of nitrogens with zero attached hydrogens (tertiary/aromatic N) is 1. The minimum Gasteiger partial charge on any atom is -0.497 e. The summed E-state index contributed by atoms with van der Waals surface area (Å²) in [4.78, 5) is 16.1. The van der Waals surface area contributed by atoms with Gasteiger partial charge in [0.1, 0.15) is 15.8 Å². The molecule has 19 heavy (non-hydrogen) atoms. The first-order chi connectivity index (χ1) is 9.22. The van der Waals surface area contributed by atoms with E-state index in [0.717, 1.165) is 21.4 Å². The molecule has 3 nitrogen and oxygen atoms in total. The third kappa shape index (κ3) is 3.75. The van der Waals surface area contributed by atoms with Crippen LogP contribution in [0.25, 0.3) is 6.08 Å². The van der Waals surface area contributed by atoms with Gasteiger partial charge in [0.05, 0.1) is 7.11 Å². The number of rotatable bonds is 4. The van der Waals surface area contributed by atoms with Crippen LogP contribution in [0.5, 0.6) is 5.75 Å². The molecule has 0 bridgehead atoms. The zero-order chi connectivity index (χ0) is 13.7. The van der Waals surface area contributed by atoms with Gasteiger partial charge in [-0.05, 0) is 35.5 Å². The number of carbonyl (C=O) groups is 1. The molecule has 0 spiro atoms. The van der Waals surface area contributed by atoms with Gasteiger partial charge in [0, 0.05) is 5.75 Å². The van der Waals surface area contributed by atoms with Gasteiger partial charge in [0.25, 0.3) is 0 Å². The van der Waals surface area contributed by atoms with Crippen LogP contribution in [0.2, 0.25) is 0 Å². The molecule has 0 saturated heterocycles. The Morgan fingerprint density at radius 3 is 2.79 bits per heavy atom. The van der Waals surface area contributed by atoms with Crippen LogP contribution in [0, 0.1) is 0 Å². The summed E-state index contributed by atoms with van der Waals surface area (Å²) in [6.45, 7) is 3.65. The van der Waals surface area contributed by atoms with Crippen LogP contribution < -0.4 is 4.74 Å². The first-order valence-corrected chi connectivity index (χ1v) is 7.43. The average Bonchev–Trinajstić information content (AvgIpc) is 2.78. The molecule has 98 valence electrons. The molecule has 2 rings (SSSR count). The van der Waals surface area contributed by atoms with Crippen LogP contribution >= 0.6 is 23.5 Å². The Labute approximate surface area is 120 Å². The predicted octanol–water partition coefficient (Wildman–Crippen LogP) is 3.58. The first-order valence-electron chi connectivity index (χ1n) is 5.63. The fraction of sp³-hybridized carbons (Fsp3) is 0.143. The lowest BCUT2D eigenvalue weighted by atomic mass is 10.2. The number of hydrogen-bond donors (Lipinski definition) is 0. The molecule has 0 atom stereocenters. The normalized spacial score (nSPS) is 16.6. The molecule has 1 aliphatic heterocycles. The summed E-state index contributed by atoms with van der Waals surface area (Å²) >= 11 is 2.70. The molecule has 0 fully saturated rings. The zero-order valence-electron chi connectivity index (χ0n) is 10.5. The highest BCUT2D eigenvalue weighted by atomic mass is 32.2. The number of ether oxygens (including phenoxy) is 1. The van der Waals surface area contributed by atoms with E-state index in [0.29, 0.717) is 5.70 Å². The molecular formula is C14H13NO2S2. The fourth-order valence-electron chi connectivity index (χ4n) is 1.44. The molecule has 0 unspecified atom stereocenters. The van der Waals surface area contributed by atoms with E-state index in [1.165, 1.54) is 23.5 Å². The maximum absolute atomic E-state index is 11.8. The van der Waals surface area contributed by atoms with E-state index in [1.54, 1.807) is 19.3 Å². The van der Waals surface area contributed by atoms with E-state index >= 15 is 0 Å². The van der Waals surface area contributed by atoms with Crippen molar-refractivity contribution in [1.29, 1.82) is 0 Å².